The average molecular weight is 229 g/mol. The monoisotopic (exact) mass is 229 g/mol. The van der Waals surface area contributed by atoms with Gasteiger partial charge in [0.05, 0.1) is 18.8 Å². The first-order valence-electron chi connectivity index (χ1n) is 6.69. The molecule has 2 unspecified atom stereocenters. The summed E-state index contributed by atoms with van der Waals surface area (Å²) in [6.45, 7) is 9.04. The van der Waals surface area contributed by atoms with Crippen molar-refractivity contribution in [1.82, 2.24) is 5.32 Å². The van der Waals surface area contributed by atoms with Crippen molar-refractivity contribution in [3.05, 3.63) is 0 Å². The largest absolute Gasteiger partial charge is 0.378 e. The third kappa shape index (κ3) is 5.83. The van der Waals surface area contributed by atoms with Crippen molar-refractivity contribution < 1.29 is 9.47 Å². The minimum atomic E-state index is 0.313. The quantitative estimate of drug-likeness (QED) is 0.727. The van der Waals surface area contributed by atoms with Crippen molar-refractivity contribution >= 4 is 0 Å². The third-order valence-electron chi connectivity index (χ3n) is 2.94. The van der Waals surface area contributed by atoms with Crippen molar-refractivity contribution in [2.24, 2.45) is 0 Å². The van der Waals surface area contributed by atoms with Gasteiger partial charge in [0.2, 0.25) is 0 Å². The molecule has 0 aromatic rings. The van der Waals surface area contributed by atoms with Gasteiger partial charge in [-0.3, -0.25) is 0 Å². The van der Waals surface area contributed by atoms with E-state index < -0.39 is 0 Å². The van der Waals surface area contributed by atoms with Crippen LogP contribution in [-0.4, -0.2) is 38.0 Å². The van der Waals surface area contributed by atoms with E-state index in [4.69, 9.17) is 9.47 Å². The zero-order valence-corrected chi connectivity index (χ0v) is 11.0. The van der Waals surface area contributed by atoms with Crippen LogP contribution in [0.5, 0.6) is 0 Å². The second kappa shape index (κ2) is 8.04. The normalized spacial score (nSPS) is 23.6. The predicted molar refractivity (Wildman–Crippen MR) is 66.8 cm³/mol. The van der Waals surface area contributed by atoms with Gasteiger partial charge in [0, 0.05) is 12.6 Å². The second-order valence-corrected chi connectivity index (χ2v) is 4.86. The van der Waals surface area contributed by atoms with Crippen LogP contribution in [0.2, 0.25) is 0 Å². The van der Waals surface area contributed by atoms with Gasteiger partial charge in [-0.05, 0) is 46.1 Å². The number of likely N-dealkylation sites (N-methyl/N-ethyl adjacent to an activating group) is 1. The van der Waals surface area contributed by atoms with E-state index in [0.29, 0.717) is 18.2 Å². The summed E-state index contributed by atoms with van der Waals surface area (Å²) >= 11 is 0. The van der Waals surface area contributed by atoms with Gasteiger partial charge in [-0.2, -0.15) is 0 Å². The first-order valence-corrected chi connectivity index (χ1v) is 6.69. The molecule has 0 saturated carbocycles. The summed E-state index contributed by atoms with van der Waals surface area (Å²) in [5, 5.41) is 3.48. The Morgan fingerprint density at radius 2 is 2.19 bits per heavy atom. The Balaban J connectivity index is 2.25. The molecule has 0 aliphatic carbocycles. The lowest BCUT2D eigenvalue weighted by molar-refractivity contribution is -0.00879. The van der Waals surface area contributed by atoms with E-state index in [2.05, 4.69) is 26.1 Å². The lowest BCUT2D eigenvalue weighted by Crippen LogP contribution is -2.38. The molecule has 0 aromatic heterocycles. The van der Waals surface area contributed by atoms with Gasteiger partial charge < -0.3 is 14.8 Å². The van der Waals surface area contributed by atoms with Gasteiger partial charge in [-0.25, -0.2) is 0 Å². The molecule has 0 aromatic carbocycles. The summed E-state index contributed by atoms with van der Waals surface area (Å²) in [5.74, 6) is 0. The van der Waals surface area contributed by atoms with Crippen molar-refractivity contribution in [1.29, 1.82) is 0 Å². The van der Waals surface area contributed by atoms with Crippen molar-refractivity contribution in [2.75, 3.05) is 19.8 Å². The number of ether oxygens (including phenoxy) is 2. The fourth-order valence-electron chi connectivity index (χ4n) is 2.12. The van der Waals surface area contributed by atoms with Gasteiger partial charge in [0.25, 0.3) is 0 Å². The molecule has 96 valence electrons. The zero-order chi connectivity index (χ0) is 11.8. The Kier molecular flexibility index (Phi) is 7.01. The van der Waals surface area contributed by atoms with Crippen LogP contribution in [0.15, 0.2) is 0 Å². The summed E-state index contributed by atoms with van der Waals surface area (Å²) < 4.78 is 11.4. The van der Waals surface area contributed by atoms with Crippen LogP contribution in [0.25, 0.3) is 0 Å². The van der Waals surface area contributed by atoms with Gasteiger partial charge in [0.15, 0.2) is 0 Å². The van der Waals surface area contributed by atoms with Crippen molar-refractivity contribution in [2.45, 2.75) is 64.7 Å². The highest BCUT2D eigenvalue weighted by Gasteiger charge is 2.19. The van der Waals surface area contributed by atoms with Crippen LogP contribution in [-0.2, 0) is 9.47 Å². The first-order chi connectivity index (χ1) is 7.72. The highest BCUT2D eigenvalue weighted by molar-refractivity contribution is 4.74. The maximum Gasteiger partial charge on any atom is 0.0624 e. The molecule has 3 heteroatoms. The predicted octanol–water partition coefficient (Wildman–Crippen LogP) is 2.35. The third-order valence-corrected chi connectivity index (χ3v) is 2.94. The molecule has 1 aliphatic heterocycles. The molecule has 16 heavy (non-hydrogen) atoms. The van der Waals surface area contributed by atoms with Crippen LogP contribution >= 0.6 is 0 Å². The van der Waals surface area contributed by atoms with Crippen LogP contribution in [0, 0.1) is 0 Å². The number of hydrogen-bond donors (Lipinski definition) is 1. The maximum absolute atomic E-state index is 5.77. The Morgan fingerprint density at radius 3 is 2.75 bits per heavy atom. The number of rotatable bonds is 7. The Morgan fingerprint density at radius 1 is 1.38 bits per heavy atom. The SMILES string of the molecule is CCNC(COC(C)C)CC1CCCCO1. The number of hydrogen-bond acceptors (Lipinski definition) is 3. The maximum atomic E-state index is 5.77. The smallest absolute Gasteiger partial charge is 0.0624 e. The fourth-order valence-corrected chi connectivity index (χ4v) is 2.12. The molecule has 0 spiro atoms. The summed E-state index contributed by atoms with van der Waals surface area (Å²) in [6, 6.07) is 0.440. The van der Waals surface area contributed by atoms with Crippen LogP contribution in [0.1, 0.15) is 46.5 Å². The van der Waals surface area contributed by atoms with Gasteiger partial charge >= 0.3 is 0 Å². The molecule has 1 heterocycles. The second-order valence-electron chi connectivity index (χ2n) is 4.86. The highest BCUT2D eigenvalue weighted by Crippen LogP contribution is 2.17. The molecule has 1 rings (SSSR count). The van der Waals surface area contributed by atoms with Crippen molar-refractivity contribution in [3.63, 3.8) is 0 Å². The van der Waals surface area contributed by atoms with E-state index in [0.717, 1.165) is 26.2 Å². The van der Waals surface area contributed by atoms with E-state index in [-0.39, 0.29) is 0 Å². The summed E-state index contributed by atoms with van der Waals surface area (Å²) in [6.07, 6.45) is 5.59. The summed E-state index contributed by atoms with van der Waals surface area (Å²) in [5.41, 5.74) is 0. The molecule has 1 N–H and O–H groups in total. The molecule has 1 fully saturated rings. The van der Waals surface area contributed by atoms with Crippen LogP contribution in [0.3, 0.4) is 0 Å². The molecular formula is C13H27NO2. The standard InChI is InChI=1S/C13H27NO2/c1-4-14-12(10-16-11(2)3)9-13-7-5-6-8-15-13/h11-14H,4-10H2,1-3H3. The first kappa shape index (κ1) is 13.9. The van der Waals surface area contributed by atoms with Crippen LogP contribution < -0.4 is 5.32 Å². The van der Waals surface area contributed by atoms with Crippen molar-refractivity contribution in [3.8, 4) is 0 Å². The van der Waals surface area contributed by atoms with E-state index in [1.807, 2.05) is 0 Å². The van der Waals surface area contributed by atoms with Crippen LogP contribution in [0.4, 0.5) is 0 Å². The Hall–Kier alpha value is -0.120. The van der Waals surface area contributed by atoms with Gasteiger partial charge in [-0.1, -0.05) is 6.92 Å². The van der Waals surface area contributed by atoms with Gasteiger partial charge in [-0.15, -0.1) is 0 Å². The fraction of sp³-hybridized carbons (Fsp3) is 1.00. The summed E-state index contributed by atoms with van der Waals surface area (Å²) in [4.78, 5) is 0. The van der Waals surface area contributed by atoms with E-state index >= 15 is 0 Å². The van der Waals surface area contributed by atoms with E-state index in [1.165, 1.54) is 19.3 Å². The lowest BCUT2D eigenvalue weighted by atomic mass is 10.0. The topological polar surface area (TPSA) is 30.5 Å². The molecule has 1 saturated heterocycles. The number of nitrogens with one attached hydrogen (secondary N) is 1. The Labute approximate surface area is 99.9 Å². The highest BCUT2D eigenvalue weighted by atomic mass is 16.5. The van der Waals surface area contributed by atoms with Gasteiger partial charge in [0.1, 0.15) is 0 Å². The molecule has 2 atom stereocenters. The zero-order valence-electron chi connectivity index (χ0n) is 11.0. The van der Waals surface area contributed by atoms with E-state index in [1.54, 1.807) is 0 Å². The summed E-state index contributed by atoms with van der Waals surface area (Å²) in [7, 11) is 0. The minimum absolute atomic E-state index is 0.313. The molecule has 0 radical (unpaired) electrons. The molecule has 0 amide bonds. The average Bonchev–Trinajstić information content (AvgIpc) is 2.27. The molecule has 1 aliphatic rings. The minimum Gasteiger partial charge on any atom is -0.378 e. The molecular weight excluding hydrogens is 202 g/mol. The molecule has 3 nitrogen and oxygen atoms in total. The molecule has 0 bridgehead atoms. The van der Waals surface area contributed by atoms with E-state index in [9.17, 15) is 0 Å². The lowest BCUT2D eigenvalue weighted by Gasteiger charge is -2.27. The Bertz CT molecular complexity index is 167.